The number of halogens is 2. The van der Waals surface area contributed by atoms with E-state index in [1.54, 1.807) is 29.2 Å². The molecule has 1 aromatic heterocycles. The van der Waals surface area contributed by atoms with Gasteiger partial charge < -0.3 is 26.4 Å². The highest BCUT2D eigenvalue weighted by Crippen LogP contribution is 2.38. The number of ether oxygens (including phenoxy) is 1. The van der Waals surface area contributed by atoms with E-state index in [0.717, 1.165) is 11.6 Å². The monoisotopic (exact) mass is 538 g/mol. The summed E-state index contributed by atoms with van der Waals surface area (Å²) in [5.41, 5.74) is 13.7. The van der Waals surface area contributed by atoms with E-state index in [4.69, 9.17) is 16.2 Å². The van der Waals surface area contributed by atoms with E-state index < -0.39 is 29.7 Å². The van der Waals surface area contributed by atoms with E-state index in [-0.39, 0.29) is 47.6 Å². The normalized spacial score (nSPS) is 20.1. The Labute approximate surface area is 222 Å². The van der Waals surface area contributed by atoms with Crippen LogP contribution in [0.2, 0.25) is 0 Å². The van der Waals surface area contributed by atoms with Crippen molar-refractivity contribution >= 4 is 23.5 Å². The summed E-state index contributed by atoms with van der Waals surface area (Å²) in [5.74, 6) is -2.19. The Bertz CT molecular complexity index is 1440. The number of nitrogens with one attached hydrogen (secondary N) is 1. The zero-order valence-corrected chi connectivity index (χ0v) is 21.2. The highest BCUT2D eigenvalue weighted by atomic mass is 19.1. The van der Waals surface area contributed by atoms with Gasteiger partial charge in [-0.05, 0) is 36.6 Å². The number of aromatic nitrogens is 2. The van der Waals surface area contributed by atoms with Crippen LogP contribution in [0.25, 0.3) is 11.3 Å². The number of hydrogen-bond acceptors (Lipinski definition) is 6. The second-order valence-corrected chi connectivity index (χ2v) is 9.73. The lowest BCUT2D eigenvalue weighted by Gasteiger charge is -2.17. The third-order valence-corrected chi connectivity index (χ3v) is 7.13. The lowest BCUT2D eigenvalue weighted by atomic mass is 10.0. The van der Waals surface area contributed by atoms with Crippen LogP contribution in [0, 0.1) is 11.7 Å². The summed E-state index contributed by atoms with van der Waals surface area (Å²) in [6.45, 7) is 0.931. The van der Waals surface area contributed by atoms with E-state index in [9.17, 15) is 23.2 Å². The minimum Gasteiger partial charge on any atom is -0.496 e. The first kappa shape index (κ1) is 26.1. The SMILES string of the molecule is COc1ccc(F)cc1C(=O)NCc1ccc(-c2nn(C3CCN(C(=O)[C@H]4C[C@@H]4F)C3)c(N)c2C(N)=O)cc1. The van der Waals surface area contributed by atoms with Crippen LogP contribution in [0.15, 0.2) is 42.5 Å². The molecular formula is C27H28F2N6O4. The molecule has 5 rings (SSSR count). The largest absolute Gasteiger partial charge is 0.496 e. The fourth-order valence-corrected chi connectivity index (χ4v) is 4.88. The number of benzene rings is 2. The lowest BCUT2D eigenvalue weighted by Crippen LogP contribution is -2.31. The van der Waals surface area contributed by atoms with Crippen molar-refractivity contribution < 1.29 is 27.9 Å². The van der Waals surface area contributed by atoms with Crippen LogP contribution in [0.5, 0.6) is 5.75 Å². The third-order valence-electron chi connectivity index (χ3n) is 7.13. The first-order valence-electron chi connectivity index (χ1n) is 12.5. The van der Waals surface area contributed by atoms with Crippen LogP contribution in [-0.2, 0) is 11.3 Å². The zero-order chi connectivity index (χ0) is 27.8. The smallest absolute Gasteiger partial charge is 0.255 e. The van der Waals surface area contributed by atoms with Crippen LogP contribution < -0.4 is 21.5 Å². The molecule has 2 heterocycles. The average Bonchev–Trinajstić information content (AvgIpc) is 3.30. The molecule has 1 unspecified atom stereocenters. The van der Waals surface area contributed by atoms with Gasteiger partial charge in [0.2, 0.25) is 5.91 Å². The molecule has 1 saturated carbocycles. The van der Waals surface area contributed by atoms with Gasteiger partial charge in [-0.1, -0.05) is 24.3 Å². The molecule has 39 heavy (non-hydrogen) atoms. The molecule has 2 aliphatic rings. The van der Waals surface area contributed by atoms with E-state index in [1.165, 1.54) is 23.9 Å². The molecule has 1 aliphatic carbocycles. The first-order chi connectivity index (χ1) is 18.7. The molecule has 3 amide bonds. The predicted molar refractivity (Wildman–Crippen MR) is 138 cm³/mol. The van der Waals surface area contributed by atoms with E-state index >= 15 is 0 Å². The molecule has 5 N–H and O–H groups in total. The van der Waals surface area contributed by atoms with Crippen molar-refractivity contribution in [2.24, 2.45) is 11.7 Å². The van der Waals surface area contributed by atoms with Gasteiger partial charge in [-0.15, -0.1) is 0 Å². The number of rotatable bonds is 8. The molecule has 0 bridgehead atoms. The molecule has 12 heteroatoms. The van der Waals surface area contributed by atoms with Gasteiger partial charge in [-0.25, -0.2) is 13.5 Å². The van der Waals surface area contributed by atoms with Gasteiger partial charge in [0.1, 0.15) is 34.8 Å². The number of nitrogens with zero attached hydrogens (tertiary/aromatic N) is 3. The molecule has 2 aromatic carbocycles. The Kier molecular flexibility index (Phi) is 6.94. The number of methoxy groups -OCH3 is 1. The second kappa shape index (κ2) is 10.4. The van der Waals surface area contributed by atoms with Crippen molar-refractivity contribution in [2.45, 2.75) is 31.6 Å². The van der Waals surface area contributed by atoms with Crippen molar-refractivity contribution in [1.82, 2.24) is 20.0 Å². The first-order valence-corrected chi connectivity index (χ1v) is 12.5. The molecule has 2 fully saturated rings. The second-order valence-electron chi connectivity index (χ2n) is 9.73. The number of amides is 3. The highest BCUT2D eigenvalue weighted by molar-refractivity contribution is 6.03. The highest BCUT2D eigenvalue weighted by Gasteiger charge is 2.47. The average molecular weight is 539 g/mol. The molecule has 3 atom stereocenters. The molecule has 0 radical (unpaired) electrons. The number of anilines is 1. The van der Waals surface area contributed by atoms with Crippen LogP contribution in [-0.4, -0.2) is 58.8 Å². The Morgan fingerprint density at radius 3 is 2.54 bits per heavy atom. The van der Waals surface area contributed by atoms with E-state index in [2.05, 4.69) is 10.4 Å². The number of nitrogen functional groups attached to an aromatic ring is 1. The molecule has 1 saturated heterocycles. The molecule has 1 aliphatic heterocycles. The Balaban J connectivity index is 1.31. The number of primary amides is 1. The fourth-order valence-electron chi connectivity index (χ4n) is 4.88. The number of likely N-dealkylation sites (tertiary alicyclic amines) is 1. The van der Waals surface area contributed by atoms with Crippen molar-refractivity contribution in [3.8, 4) is 17.0 Å². The van der Waals surface area contributed by atoms with Gasteiger partial charge >= 0.3 is 0 Å². The van der Waals surface area contributed by atoms with Crippen molar-refractivity contribution in [2.75, 3.05) is 25.9 Å². The molecular weight excluding hydrogens is 510 g/mol. The quantitative estimate of drug-likeness (QED) is 0.402. The minimum absolute atomic E-state index is 0.0741. The van der Waals surface area contributed by atoms with Crippen LogP contribution in [0.1, 0.15) is 45.2 Å². The van der Waals surface area contributed by atoms with Crippen LogP contribution in [0.3, 0.4) is 0 Å². The molecule has 204 valence electrons. The summed E-state index contributed by atoms with van der Waals surface area (Å²) in [6.07, 6.45) is -0.244. The standard InChI is InChI=1S/C27H28F2N6O4/c1-39-21-7-6-16(28)10-19(21)26(37)32-12-14-2-4-15(5-3-14)23-22(25(31)36)24(30)35(33-23)17-8-9-34(13-17)27(38)18-11-20(18)29/h2-7,10,17-18,20H,8-9,11-13,30H2,1H3,(H2,31,36)(H,32,37)/t17?,18-,20-/m0/s1. The van der Waals surface area contributed by atoms with Gasteiger partial charge in [0, 0.05) is 25.2 Å². The topological polar surface area (TPSA) is 146 Å². The molecule has 0 spiro atoms. The van der Waals surface area contributed by atoms with Gasteiger partial charge in [0.05, 0.1) is 24.6 Å². The van der Waals surface area contributed by atoms with Gasteiger partial charge in [0.25, 0.3) is 11.8 Å². The predicted octanol–water partition coefficient (Wildman–Crippen LogP) is 2.44. The number of nitrogens with two attached hydrogens (primary N) is 2. The van der Waals surface area contributed by atoms with Crippen molar-refractivity contribution in [3.05, 3.63) is 65.0 Å². The summed E-state index contributed by atoms with van der Waals surface area (Å²) >= 11 is 0. The number of alkyl halides is 1. The van der Waals surface area contributed by atoms with Gasteiger partial charge in [0.15, 0.2) is 0 Å². The molecule has 10 nitrogen and oxygen atoms in total. The number of carbonyl (C=O) groups is 3. The Morgan fingerprint density at radius 1 is 1.18 bits per heavy atom. The number of hydrogen-bond donors (Lipinski definition) is 3. The summed E-state index contributed by atoms with van der Waals surface area (Å²) in [7, 11) is 1.40. The maximum Gasteiger partial charge on any atom is 0.255 e. The minimum atomic E-state index is -1.07. The lowest BCUT2D eigenvalue weighted by molar-refractivity contribution is -0.132. The Morgan fingerprint density at radius 2 is 1.90 bits per heavy atom. The summed E-state index contributed by atoms with van der Waals surface area (Å²) < 4.78 is 33.6. The van der Waals surface area contributed by atoms with Crippen LogP contribution in [0.4, 0.5) is 14.6 Å². The Hall–Kier alpha value is -4.48. The summed E-state index contributed by atoms with van der Waals surface area (Å²) in [6, 6.07) is 10.4. The van der Waals surface area contributed by atoms with Crippen LogP contribution >= 0.6 is 0 Å². The maximum absolute atomic E-state index is 13.6. The van der Waals surface area contributed by atoms with Gasteiger partial charge in [-0.2, -0.15) is 5.10 Å². The van der Waals surface area contributed by atoms with Crippen molar-refractivity contribution in [1.29, 1.82) is 0 Å². The van der Waals surface area contributed by atoms with E-state index in [1.807, 2.05) is 0 Å². The fraction of sp³-hybridized carbons (Fsp3) is 0.333. The van der Waals surface area contributed by atoms with Crippen molar-refractivity contribution in [3.63, 3.8) is 0 Å². The summed E-state index contributed by atoms with van der Waals surface area (Å²) in [5, 5.41) is 7.31. The zero-order valence-electron chi connectivity index (χ0n) is 21.2. The molecule has 3 aromatic rings. The number of carbonyl (C=O) groups excluding carboxylic acids is 3. The van der Waals surface area contributed by atoms with Gasteiger partial charge in [-0.3, -0.25) is 14.4 Å². The maximum atomic E-state index is 13.6. The third kappa shape index (κ3) is 5.14. The van der Waals surface area contributed by atoms with E-state index in [0.29, 0.717) is 30.8 Å². The summed E-state index contributed by atoms with van der Waals surface area (Å²) in [4.78, 5) is 38.9.